The number of rotatable bonds is 1. The van der Waals surface area contributed by atoms with Crippen molar-refractivity contribution in [1.29, 1.82) is 0 Å². The summed E-state index contributed by atoms with van der Waals surface area (Å²) in [6, 6.07) is 1.84. The van der Waals surface area contributed by atoms with Crippen LogP contribution in [0.5, 0.6) is 5.75 Å². The molecule has 0 saturated carbocycles. The maximum atomic E-state index is 9.97. The highest BCUT2D eigenvalue weighted by Gasteiger charge is 2.15. The summed E-state index contributed by atoms with van der Waals surface area (Å²) in [6.07, 6.45) is 1.56. The van der Waals surface area contributed by atoms with Crippen molar-refractivity contribution in [3.05, 3.63) is 28.4 Å². The summed E-state index contributed by atoms with van der Waals surface area (Å²) >= 11 is 6.04. The van der Waals surface area contributed by atoms with E-state index < -0.39 is 0 Å². The van der Waals surface area contributed by atoms with Gasteiger partial charge in [0.2, 0.25) is 0 Å². The van der Waals surface area contributed by atoms with Crippen molar-refractivity contribution in [2.24, 2.45) is 0 Å². The van der Waals surface area contributed by atoms with E-state index in [0.29, 0.717) is 22.0 Å². The van der Waals surface area contributed by atoms with Crippen molar-refractivity contribution < 1.29 is 5.11 Å². The van der Waals surface area contributed by atoms with E-state index in [1.807, 2.05) is 19.9 Å². The Morgan fingerprint density at radius 1 is 1.38 bits per heavy atom. The minimum atomic E-state index is 0.0397. The number of nitrogen functional groups attached to an aromatic ring is 1. The Balaban J connectivity index is 2.72. The number of aromatic nitrogens is 2. The molecule has 0 spiro atoms. The molecule has 1 heterocycles. The van der Waals surface area contributed by atoms with Gasteiger partial charge in [-0.25, -0.2) is 0 Å². The number of halogens is 1. The number of phenolic OH excluding ortho intramolecular Hbond substituents is 1. The molecule has 16 heavy (non-hydrogen) atoms. The molecule has 0 aliphatic carbocycles. The van der Waals surface area contributed by atoms with E-state index in [2.05, 4.69) is 10.2 Å². The second kappa shape index (κ2) is 3.72. The molecule has 4 nitrogen and oxygen atoms in total. The van der Waals surface area contributed by atoms with Gasteiger partial charge in [-0.3, -0.25) is 5.10 Å². The summed E-state index contributed by atoms with van der Waals surface area (Å²) in [4.78, 5) is 0. The number of phenols is 1. The van der Waals surface area contributed by atoms with E-state index in [9.17, 15) is 5.11 Å². The second-order valence-electron chi connectivity index (χ2n) is 3.73. The van der Waals surface area contributed by atoms with Gasteiger partial charge in [0.1, 0.15) is 11.6 Å². The molecule has 0 unspecified atom stereocenters. The predicted molar refractivity (Wildman–Crippen MR) is 64.6 cm³/mol. The molecular weight excluding hydrogens is 226 g/mol. The molecule has 0 bridgehead atoms. The lowest BCUT2D eigenvalue weighted by Crippen LogP contribution is -1.91. The molecular formula is C11H12ClN3O. The van der Waals surface area contributed by atoms with Crippen LogP contribution in [0.2, 0.25) is 5.02 Å². The summed E-state index contributed by atoms with van der Waals surface area (Å²) in [6.45, 7) is 3.79. The van der Waals surface area contributed by atoms with Crippen molar-refractivity contribution >= 4 is 17.4 Å². The van der Waals surface area contributed by atoms with Gasteiger partial charge in [0.25, 0.3) is 0 Å². The number of hydrogen-bond donors (Lipinski definition) is 3. The highest BCUT2D eigenvalue weighted by molar-refractivity contribution is 6.33. The van der Waals surface area contributed by atoms with Crippen LogP contribution in [0, 0.1) is 13.8 Å². The normalized spacial score (nSPS) is 10.7. The third-order valence-corrected chi connectivity index (χ3v) is 3.17. The molecule has 0 radical (unpaired) electrons. The number of aromatic amines is 1. The monoisotopic (exact) mass is 237 g/mol. The van der Waals surface area contributed by atoms with Gasteiger partial charge >= 0.3 is 0 Å². The van der Waals surface area contributed by atoms with Crippen molar-refractivity contribution in [1.82, 2.24) is 10.2 Å². The minimum Gasteiger partial charge on any atom is -0.506 e. The zero-order chi connectivity index (χ0) is 11.9. The Kier molecular flexibility index (Phi) is 2.52. The Morgan fingerprint density at radius 3 is 2.62 bits per heavy atom. The van der Waals surface area contributed by atoms with Gasteiger partial charge in [0.15, 0.2) is 0 Å². The smallest absolute Gasteiger partial charge is 0.142 e. The summed E-state index contributed by atoms with van der Waals surface area (Å²) in [5, 5.41) is 16.8. The Hall–Kier alpha value is -1.68. The first kappa shape index (κ1) is 10.8. The topological polar surface area (TPSA) is 74.9 Å². The van der Waals surface area contributed by atoms with E-state index in [4.69, 9.17) is 17.3 Å². The van der Waals surface area contributed by atoms with Gasteiger partial charge in [0.05, 0.1) is 11.2 Å². The molecule has 84 valence electrons. The predicted octanol–water partition coefficient (Wildman–Crippen LogP) is 2.63. The standard InChI is InChI=1S/C11H12ClN3O/c1-5-3-7(8-4-14-15-11(8)13)10(16)9(12)6(5)2/h3-4,16H,1-2H3,(H3,13,14,15). The zero-order valence-corrected chi connectivity index (χ0v) is 9.76. The minimum absolute atomic E-state index is 0.0397. The van der Waals surface area contributed by atoms with Gasteiger partial charge in [-0.15, -0.1) is 0 Å². The van der Waals surface area contributed by atoms with E-state index in [0.717, 1.165) is 11.1 Å². The molecule has 4 N–H and O–H groups in total. The second-order valence-corrected chi connectivity index (χ2v) is 4.10. The number of anilines is 1. The molecule has 2 aromatic rings. The lowest BCUT2D eigenvalue weighted by Gasteiger charge is -2.10. The fourth-order valence-electron chi connectivity index (χ4n) is 1.58. The molecule has 0 aliphatic heterocycles. The van der Waals surface area contributed by atoms with Gasteiger partial charge in [-0.05, 0) is 31.0 Å². The Bertz CT molecular complexity index is 548. The number of aromatic hydroxyl groups is 1. The van der Waals surface area contributed by atoms with Gasteiger partial charge < -0.3 is 10.8 Å². The van der Waals surface area contributed by atoms with Crippen LogP contribution in [-0.4, -0.2) is 15.3 Å². The molecule has 5 heteroatoms. The number of H-pyrrole nitrogens is 1. The molecule has 0 aliphatic rings. The number of nitrogens with zero attached hydrogens (tertiary/aromatic N) is 1. The first-order valence-corrected chi connectivity index (χ1v) is 5.18. The van der Waals surface area contributed by atoms with Crippen LogP contribution in [0.3, 0.4) is 0 Å². The maximum Gasteiger partial charge on any atom is 0.142 e. The lowest BCUT2D eigenvalue weighted by molar-refractivity contribution is 0.477. The average molecular weight is 238 g/mol. The molecule has 0 amide bonds. The van der Waals surface area contributed by atoms with Crippen LogP contribution in [0.25, 0.3) is 11.1 Å². The molecule has 0 fully saturated rings. The molecule has 1 aromatic heterocycles. The molecule has 0 atom stereocenters. The van der Waals surface area contributed by atoms with Crippen LogP contribution < -0.4 is 5.73 Å². The maximum absolute atomic E-state index is 9.97. The molecule has 0 saturated heterocycles. The van der Waals surface area contributed by atoms with Gasteiger partial charge in [-0.1, -0.05) is 11.6 Å². The van der Waals surface area contributed by atoms with Crippen LogP contribution in [-0.2, 0) is 0 Å². The summed E-state index contributed by atoms with van der Waals surface area (Å²) in [7, 11) is 0. The van der Waals surface area contributed by atoms with Crippen molar-refractivity contribution in [3.63, 3.8) is 0 Å². The largest absolute Gasteiger partial charge is 0.506 e. The number of benzene rings is 1. The van der Waals surface area contributed by atoms with Gasteiger partial charge in [0, 0.05) is 11.1 Å². The number of nitrogens with two attached hydrogens (primary N) is 1. The number of hydrogen-bond acceptors (Lipinski definition) is 3. The fourth-order valence-corrected chi connectivity index (χ4v) is 1.83. The molecule has 2 rings (SSSR count). The van der Waals surface area contributed by atoms with Crippen LogP contribution in [0.1, 0.15) is 11.1 Å². The van der Waals surface area contributed by atoms with Crippen molar-refractivity contribution in [2.75, 3.05) is 5.73 Å². The quantitative estimate of drug-likeness (QED) is 0.714. The van der Waals surface area contributed by atoms with E-state index in [1.54, 1.807) is 6.20 Å². The number of nitrogens with one attached hydrogen (secondary N) is 1. The van der Waals surface area contributed by atoms with Gasteiger partial charge in [-0.2, -0.15) is 5.10 Å². The average Bonchev–Trinajstić information content (AvgIpc) is 2.67. The summed E-state index contributed by atoms with van der Waals surface area (Å²) < 4.78 is 0. The van der Waals surface area contributed by atoms with Crippen LogP contribution >= 0.6 is 11.6 Å². The SMILES string of the molecule is Cc1cc(-c2cn[nH]c2N)c(O)c(Cl)c1C. The highest BCUT2D eigenvalue weighted by atomic mass is 35.5. The van der Waals surface area contributed by atoms with Crippen LogP contribution in [0.15, 0.2) is 12.3 Å². The Morgan fingerprint density at radius 2 is 2.06 bits per heavy atom. The Labute approximate surface area is 98.1 Å². The fraction of sp³-hybridized carbons (Fsp3) is 0.182. The summed E-state index contributed by atoms with van der Waals surface area (Å²) in [5.74, 6) is 0.451. The highest BCUT2D eigenvalue weighted by Crippen LogP contribution is 2.40. The van der Waals surface area contributed by atoms with E-state index >= 15 is 0 Å². The number of aryl methyl sites for hydroxylation is 1. The van der Waals surface area contributed by atoms with Crippen LogP contribution in [0.4, 0.5) is 5.82 Å². The van der Waals surface area contributed by atoms with Crippen molar-refractivity contribution in [3.8, 4) is 16.9 Å². The third-order valence-electron chi connectivity index (χ3n) is 2.70. The zero-order valence-electron chi connectivity index (χ0n) is 9.00. The summed E-state index contributed by atoms with van der Waals surface area (Å²) in [5.41, 5.74) is 8.82. The first-order chi connectivity index (χ1) is 7.52. The van der Waals surface area contributed by atoms with E-state index in [1.165, 1.54) is 0 Å². The lowest BCUT2D eigenvalue weighted by atomic mass is 10.0. The first-order valence-electron chi connectivity index (χ1n) is 4.80. The van der Waals surface area contributed by atoms with Crippen molar-refractivity contribution in [2.45, 2.75) is 13.8 Å². The molecule has 1 aromatic carbocycles. The third kappa shape index (κ3) is 1.51. The van der Waals surface area contributed by atoms with E-state index in [-0.39, 0.29) is 5.75 Å².